The van der Waals surface area contributed by atoms with Gasteiger partial charge in [0.1, 0.15) is 0 Å². The van der Waals surface area contributed by atoms with E-state index >= 15 is 0 Å². The Labute approximate surface area is 190 Å². The Hall–Kier alpha value is -2.34. The third kappa shape index (κ3) is 3.94. The van der Waals surface area contributed by atoms with E-state index in [1.54, 1.807) is 4.73 Å². The van der Waals surface area contributed by atoms with Crippen molar-refractivity contribution in [1.29, 1.82) is 0 Å². The molecular formula is C26H35N3O3. The highest BCUT2D eigenvalue weighted by atomic mass is 16.7. The lowest BCUT2D eigenvalue weighted by Gasteiger charge is -2.32. The van der Waals surface area contributed by atoms with Gasteiger partial charge in [0, 0.05) is 56.0 Å². The molecule has 2 fully saturated rings. The zero-order valence-corrected chi connectivity index (χ0v) is 19.4. The summed E-state index contributed by atoms with van der Waals surface area (Å²) in [5.41, 5.74) is 3.96. The third-order valence-electron chi connectivity index (χ3n) is 7.77. The van der Waals surface area contributed by atoms with Crippen molar-refractivity contribution in [2.45, 2.75) is 77.8 Å². The molecule has 0 bridgehead atoms. The molecule has 1 amide bonds. The Morgan fingerprint density at radius 2 is 1.81 bits per heavy atom. The lowest BCUT2D eigenvalue weighted by Crippen LogP contribution is -2.38. The first-order chi connectivity index (χ1) is 15.5. The van der Waals surface area contributed by atoms with Gasteiger partial charge in [0.05, 0.1) is 11.2 Å². The van der Waals surface area contributed by atoms with E-state index < -0.39 is 0 Å². The van der Waals surface area contributed by atoms with Crippen LogP contribution in [0.5, 0.6) is 0 Å². The van der Waals surface area contributed by atoms with Crippen molar-refractivity contribution < 1.29 is 14.4 Å². The van der Waals surface area contributed by atoms with E-state index in [0.29, 0.717) is 18.4 Å². The van der Waals surface area contributed by atoms with Crippen molar-refractivity contribution >= 4 is 22.8 Å². The Morgan fingerprint density at radius 1 is 1.06 bits per heavy atom. The van der Waals surface area contributed by atoms with Crippen LogP contribution in [-0.4, -0.2) is 52.1 Å². The average molecular weight is 438 g/mol. The highest BCUT2D eigenvalue weighted by molar-refractivity contribution is 5.99. The van der Waals surface area contributed by atoms with E-state index in [9.17, 15) is 9.59 Å². The number of nitrogens with zero attached hydrogens (tertiary/aromatic N) is 3. The van der Waals surface area contributed by atoms with Gasteiger partial charge in [-0.05, 0) is 55.4 Å². The molecule has 6 heteroatoms. The topological polar surface area (TPSA) is 54.8 Å². The molecule has 5 rings (SSSR count). The largest absolute Gasteiger partial charge is 0.339 e. The molecule has 2 aliphatic heterocycles. The van der Waals surface area contributed by atoms with Crippen LogP contribution in [0.15, 0.2) is 18.2 Å². The zero-order valence-electron chi connectivity index (χ0n) is 19.4. The smallest absolute Gasteiger partial charge is 0.332 e. The number of carbonyl (C=O) groups excluding carboxylic acids is 2. The van der Waals surface area contributed by atoms with Crippen molar-refractivity contribution in [3.8, 4) is 0 Å². The van der Waals surface area contributed by atoms with E-state index in [1.165, 1.54) is 31.2 Å². The van der Waals surface area contributed by atoms with Crippen LogP contribution in [0.25, 0.3) is 10.9 Å². The first kappa shape index (κ1) is 21.5. The fourth-order valence-corrected chi connectivity index (χ4v) is 5.72. The monoisotopic (exact) mass is 437 g/mol. The van der Waals surface area contributed by atoms with Crippen molar-refractivity contribution in [1.82, 2.24) is 14.5 Å². The molecule has 32 heavy (non-hydrogen) atoms. The molecule has 0 spiro atoms. The molecule has 1 aliphatic carbocycles. The van der Waals surface area contributed by atoms with Gasteiger partial charge in [0.2, 0.25) is 0 Å². The van der Waals surface area contributed by atoms with Gasteiger partial charge in [0.15, 0.2) is 0 Å². The summed E-state index contributed by atoms with van der Waals surface area (Å²) in [4.78, 5) is 35.8. The average Bonchev–Trinajstić information content (AvgIpc) is 3.46. The number of fused-ring (bicyclic) bond motifs is 3. The zero-order chi connectivity index (χ0) is 22.2. The minimum absolute atomic E-state index is 0.120. The molecule has 172 valence electrons. The number of carbonyl (C=O) groups is 2. The molecule has 0 radical (unpaired) electrons. The molecule has 0 atom stereocenters. The van der Waals surface area contributed by atoms with Crippen LogP contribution in [-0.2, 0) is 17.8 Å². The van der Waals surface area contributed by atoms with Crippen molar-refractivity contribution in [3.63, 3.8) is 0 Å². The maximum absolute atomic E-state index is 13.2. The van der Waals surface area contributed by atoms with Gasteiger partial charge in [-0.3, -0.25) is 9.69 Å². The summed E-state index contributed by atoms with van der Waals surface area (Å²) in [6.07, 6.45) is 8.53. The number of likely N-dealkylation sites (tertiary alicyclic amines) is 1. The predicted octanol–water partition coefficient (Wildman–Crippen LogP) is 4.18. The maximum Gasteiger partial charge on any atom is 0.332 e. The van der Waals surface area contributed by atoms with Gasteiger partial charge < -0.3 is 9.74 Å². The lowest BCUT2D eigenvalue weighted by atomic mass is 9.98. The quantitative estimate of drug-likeness (QED) is 0.720. The van der Waals surface area contributed by atoms with Gasteiger partial charge in [-0.2, -0.15) is 4.73 Å². The summed E-state index contributed by atoms with van der Waals surface area (Å²) in [5.74, 6) is 0.581. The molecule has 3 aliphatic rings. The Morgan fingerprint density at radius 3 is 2.53 bits per heavy atom. The van der Waals surface area contributed by atoms with Gasteiger partial charge in [-0.25, -0.2) is 4.79 Å². The summed E-state index contributed by atoms with van der Waals surface area (Å²) in [7, 11) is 0. The standard InChI is InChI=1S/C26H35N3O3/c1-3-25(30)32-29-23-9-8-19(26(31)27-13-10-18(2)11-14-27)16-21(23)22-17-28(15-12-24(22)29)20-6-4-5-7-20/h8-9,16,18,20H,3-7,10-15,17H2,1-2H3. The normalized spacial score (nSPS) is 20.6. The summed E-state index contributed by atoms with van der Waals surface area (Å²) < 4.78 is 1.75. The van der Waals surface area contributed by atoms with Crippen LogP contribution < -0.4 is 4.84 Å². The minimum Gasteiger partial charge on any atom is -0.339 e. The van der Waals surface area contributed by atoms with Crippen LogP contribution in [0.4, 0.5) is 0 Å². The van der Waals surface area contributed by atoms with Crippen LogP contribution in [0.3, 0.4) is 0 Å². The number of amides is 1. The molecule has 3 heterocycles. The molecule has 0 unspecified atom stereocenters. The summed E-state index contributed by atoms with van der Waals surface area (Å²) in [6, 6.07) is 6.57. The summed E-state index contributed by atoms with van der Waals surface area (Å²) in [5, 5.41) is 1.06. The molecular weight excluding hydrogens is 402 g/mol. The fourth-order valence-electron chi connectivity index (χ4n) is 5.72. The molecule has 0 N–H and O–H groups in total. The number of piperidine rings is 1. The Balaban J connectivity index is 1.51. The number of hydrogen-bond acceptors (Lipinski definition) is 4. The highest BCUT2D eigenvalue weighted by Crippen LogP contribution is 2.35. The van der Waals surface area contributed by atoms with Gasteiger partial charge in [0.25, 0.3) is 5.91 Å². The molecule has 1 aromatic heterocycles. The SMILES string of the molecule is CCC(=O)On1c2c(c3cc(C(=O)N4CCC(C)CC4)ccc31)CN(C1CCCC1)CC2. The van der Waals surface area contributed by atoms with Crippen LogP contribution in [0.2, 0.25) is 0 Å². The predicted molar refractivity (Wildman–Crippen MR) is 124 cm³/mol. The minimum atomic E-state index is -0.231. The Kier molecular flexibility index (Phi) is 5.97. The van der Waals surface area contributed by atoms with Crippen molar-refractivity contribution in [3.05, 3.63) is 35.0 Å². The van der Waals surface area contributed by atoms with Crippen molar-refractivity contribution in [2.75, 3.05) is 19.6 Å². The van der Waals surface area contributed by atoms with E-state index in [4.69, 9.17) is 4.84 Å². The number of aromatic nitrogens is 1. The second kappa shape index (κ2) is 8.89. The first-order valence-corrected chi connectivity index (χ1v) is 12.5. The Bertz CT molecular complexity index is 1010. The van der Waals surface area contributed by atoms with E-state index in [-0.39, 0.29) is 11.9 Å². The number of rotatable bonds is 4. The number of hydrogen-bond donors (Lipinski definition) is 0. The van der Waals surface area contributed by atoms with Gasteiger partial charge in [-0.1, -0.05) is 26.7 Å². The highest BCUT2D eigenvalue weighted by Gasteiger charge is 2.31. The fraction of sp³-hybridized carbons (Fsp3) is 0.615. The molecule has 2 aromatic rings. The van der Waals surface area contributed by atoms with E-state index in [1.807, 2.05) is 30.0 Å². The van der Waals surface area contributed by atoms with Crippen LogP contribution in [0, 0.1) is 5.92 Å². The van der Waals surface area contributed by atoms with Crippen molar-refractivity contribution in [2.24, 2.45) is 5.92 Å². The van der Waals surface area contributed by atoms with Gasteiger partial charge in [-0.15, -0.1) is 0 Å². The van der Waals surface area contributed by atoms with Crippen LogP contribution in [0.1, 0.15) is 80.4 Å². The lowest BCUT2D eigenvalue weighted by molar-refractivity contribution is -0.143. The van der Waals surface area contributed by atoms with Crippen LogP contribution >= 0.6 is 0 Å². The second-order valence-electron chi connectivity index (χ2n) is 9.90. The maximum atomic E-state index is 13.2. The molecule has 1 saturated heterocycles. The molecule has 6 nitrogen and oxygen atoms in total. The first-order valence-electron chi connectivity index (χ1n) is 12.5. The third-order valence-corrected chi connectivity index (χ3v) is 7.77. The number of benzene rings is 1. The van der Waals surface area contributed by atoms with Gasteiger partial charge >= 0.3 is 5.97 Å². The van der Waals surface area contributed by atoms with E-state index in [0.717, 1.165) is 67.6 Å². The molecule has 1 aromatic carbocycles. The van der Waals surface area contributed by atoms with E-state index in [2.05, 4.69) is 11.8 Å². The molecule has 1 saturated carbocycles. The summed E-state index contributed by atoms with van der Waals surface area (Å²) >= 11 is 0. The summed E-state index contributed by atoms with van der Waals surface area (Å²) in [6.45, 7) is 7.61. The second-order valence-corrected chi connectivity index (χ2v) is 9.90.